The molecule has 3 heterocycles. The summed E-state index contributed by atoms with van der Waals surface area (Å²) < 4.78 is 34.0. The Morgan fingerprint density at radius 1 is 1.22 bits per heavy atom. The molecule has 8 nitrogen and oxygen atoms in total. The highest BCUT2D eigenvalue weighted by molar-refractivity contribution is 7.89. The Labute approximate surface area is 162 Å². The van der Waals surface area contributed by atoms with E-state index in [1.54, 1.807) is 22.9 Å². The number of benzene rings is 1. The van der Waals surface area contributed by atoms with E-state index in [9.17, 15) is 13.2 Å². The minimum absolute atomic E-state index is 0.00239. The van der Waals surface area contributed by atoms with Crippen LogP contribution in [0.15, 0.2) is 50.8 Å². The summed E-state index contributed by atoms with van der Waals surface area (Å²) in [6.45, 7) is 0.132. The first-order valence-electron chi connectivity index (χ1n) is 7.77. The van der Waals surface area contributed by atoms with Crippen LogP contribution in [0.25, 0.3) is 16.7 Å². The lowest BCUT2D eigenvalue weighted by atomic mass is 10.3. The second-order valence-corrected chi connectivity index (χ2v) is 8.40. The first-order chi connectivity index (χ1) is 12.8. The van der Waals surface area contributed by atoms with Gasteiger partial charge in [-0.2, -0.15) is 0 Å². The summed E-state index contributed by atoms with van der Waals surface area (Å²) >= 11 is 12.1. The number of fused-ring (bicyclic) bond motifs is 2. The molecule has 27 heavy (non-hydrogen) atoms. The van der Waals surface area contributed by atoms with Crippen molar-refractivity contribution in [2.45, 2.75) is 11.3 Å². The van der Waals surface area contributed by atoms with Crippen molar-refractivity contribution in [2.24, 2.45) is 0 Å². The van der Waals surface area contributed by atoms with Crippen molar-refractivity contribution < 1.29 is 12.8 Å². The monoisotopic (exact) mass is 426 g/mol. The highest BCUT2D eigenvalue weighted by Crippen LogP contribution is 2.22. The van der Waals surface area contributed by atoms with Gasteiger partial charge in [0, 0.05) is 31.4 Å². The molecular weight excluding hydrogens is 415 g/mol. The lowest BCUT2D eigenvalue weighted by Gasteiger charge is -2.05. The molecule has 4 rings (SSSR count). The first-order valence-corrected chi connectivity index (χ1v) is 10.0. The number of H-pyrrole nitrogens is 1. The van der Waals surface area contributed by atoms with Crippen LogP contribution in [-0.4, -0.2) is 29.3 Å². The Morgan fingerprint density at radius 2 is 2.04 bits per heavy atom. The number of hydrogen-bond acceptors (Lipinski definition) is 5. The fourth-order valence-corrected chi connectivity index (χ4v) is 4.26. The van der Waals surface area contributed by atoms with Crippen LogP contribution in [0.4, 0.5) is 0 Å². The Morgan fingerprint density at radius 3 is 2.85 bits per heavy atom. The molecule has 0 saturated carbocycles. The summed E-state index contributed by atoms with van der Waals surface area (Å²) in [6, 6.07) is 5.75. The van der Waals surface area contributed by atoms with Gasteiger partial charge in [0.15, 0.2) is 11.2 Å². The van der Waals surface area contributed by atoms with Gasteiger partial charge in [-0.05, 0) is 18.2 Å². The Kier molecular flexibility index (Phi) is 4.47. The van der Waals surface area contributed by atoms with E-state index in [0.717, 1.165) is 0 Å². The van der Waals surface area contributed by atoms with E-state index >= 15 is 0 Å². The van der Waals surface area contributed by atoms with Crippen molar-refractivity contribution >= 4 is 50.0 Å². The second-order valence-electron chi connectivity index (χ2n) is 5.79. The van der Waals surface area contributed by atoms with Gasteiger partial charge in [0.1, 0.15) is 0 Å². The van der Waals surface area contributed by atoms with Gasteiger partial charge in [0.25, 0.3) is 0 Å². The molecule has 0 saturated heterocycles. The number of nitrogens with one attached hydrogen (secondary N) is 2. The number of nitrogens with zero attached hydrogens (tertiary/aromatic N) is 2. The zero-order valence-corrected chi connectivity index (χ0v) is 15.9. The topological polar surface area (TPSA) is 109 Å². The van der Waals surface area contributed by atoms with Crippen molar-refractivity contribution in [3.05, 3.63) is 62.9 Å². The third-order valence-electron chi connectivity index (χ3n) is 3.90. The second kappa shape index (κ2) is 6.68. The van der Waals surface area contributed by atoms with Crippen molar-refractivity contribution in [1.82, 2.24) is 19.1 Å². The smallest absolute Gasteiger partial charge is 0.408 e. The third kappa shape index (κ3) is 3.59. The van der Waals surface area contributed by atoms with Crippen LogP contribution in [0, 0.1) is 0 Å². The number of imidazole rings is 1. The first kappa shape index (κ1) is 18.1. The standard InChI is InChI=1S/C16H12Cl2N4O4S/c17-9-5-12(18)15-20-10(8-22(15)7-9)3-4-19-27(24,25)11-1-2-13-14(6-11)26-16(23)21-13/h1-2,5-8,19H,3-4H2,(H,21,23). The predicted molar refractivity (Wildman–Crippen MR) is 101 cm³/mol. The number of aromatic amines is 1. The average Bonchev–Trinajstić information content (AvgIpc) is 3.16. The molecule has 11 heteroatoms. The molecule has 0 fully saturated rings. The lowest BCUT2D eigenvalue weighted by molar-refractivity contribution is 0.553. The number of halogens is 2. The van der Waals surface area contributed by atoms with Gasteiger partial charge in [-0.1, -0.05) is 23.2 Å². The van der Waals surface area contributed by atoms with E-state index in [2.05, 4.69) is 14.7 Å². The fourth-order valence-electron chi connectivity index (χ4n) is 2.69. The number of rotatable bonds is 5. The minimum Gasteiger partial charge on any atom is -0.408 e. The molecule has 3 aromatic heterocycles. The highest BCUT2D eigenvalue weighted by atomic mass is 35.5. The SMILES string of the molecule is O=c1[nH]c2ccc(S(=O)(=O)NCCc3cn4cc(Cl)cc(Cl)c4n3)cc2o1. The van der Waals surface area contributed by atoms with Crippen LogP contribution >= 0.6 is 23.2 Å². The zero-order chi connectivity index (χ0) is 19.2. The average molecular weight is 427 g/mol. The van der Waals surface area contributed by atoms with E-state index in [4.69, 9.17) is 27.6 Å². The van der Waals surface area contributed by atoms with Crippen LogP contribution in [0.5, 0.6) is 0 Å². The molecule has 2 N–H and O–H groups in total. The van der Waals surface area contributed by atoms with E-state index in [1.165, 1.54) is 18.2 Å². The molecule has 0 spiro atoms. The fraction of sp³-hybridized carbons (Fsp3) is 0.125. The van der Waals surface area contributed by atoms with Gasteiger partial charge >= 0.3 is 5.76 Å². The normalized spacial score (nSPS) is 12.2. The van der Waals surface area contributed by atoms with Crippen LogP contribution in [0.2, 0.25) is 10.0 Å². The van der Waals surface area contributed by atoms with Gasteiger partial charge < -0.3 is 8.82 Å². The molecule has 1 aromatic carbocycles. The highest BCUT2D eigenvalue weighted by Gasteiger charge is 2.16. The summed E-state index contributed by atoms with van der Waals surface area (Å²) in [7, 11) is -3.77. The van der Waals surface area contributed by atoms with Crippen LogP contribution in [0.3, 0.4) is 0 Å². The molecular formula is C16H12Cl2N4O4S. The number of oxazole rings is 1. The summed E-state index contributed by atoms with van der Waals surface area (Å²) in [5, 5.41) is 0.889. The van der Waals surface area contributed by atoms with Crippen LogP contribution in [-0.2, 0) is 16.4 Å². The molecule has 0 bridgehead atoms. The summed E-state index contributed by atoms with van der Waals surface area (Å²) in [6.07, 6.45) is 3.77. The van der Waals surface area contributed by atoms with Crippen molar-refractivity contribution in [3.63, 3.8) is 0 Å². The number of sulfonamides is 1. The zero-order valence-electron chi connectivity index (χ0n) is 13.6. The third-order valence-corrected chi connectivity index (χ3v) is 5.84. The lowest BCUT2D eigenvalue weighted by Crippen LogP contribution is -2.26. The largest absolute Gasteiger partial charge is 0.417 e. The molecule has 0 unspecified atom stereocenters. The predicted octanol–water partition coefficient (Wildman–Crippen LogP) is 2.60. The molecule has 0 amide bonds. The van der Waals surface area contributed by atoms with E-state index < -0.39 is 15.8 Å². The maximum atomic E-state index is 12.4. The van der Waals surface area contributed by atoms with Crippen molar-refractivity contribution in [1.29, 1.82) is 0 Å². The Bertz CT molecular complexity index is 1320. The van der Waals surface area contributed by atoms with E-state index in [1.807, 2.05) is 0 Å². The van der Waals surface area contributed by atoms with Crippen LogP contribution in [0.1, 0.15) is 5.69 Å². The molecule has 0 radical (unpaired) electrons. The maximum Gasteiger partial charge on any atom is 0.417 e. The number of aromatic nitrogens is 3. The van der Waals surface area contributed by atoms with Crippen molar-refractivity contribution in [2.75, 3.05) is 6.54 Å². The summed E-state index contributed by atoms with van der Waals surface area (Å²) in [5.74, 6) is -0.641. The van der Waals surface area contributed by atoms with E-state index in [0.29, 0.717) is 33.3 Å². The number of pyridine rings is 1. The summed E-state index contributed by atoms with van der Waals surface area (Å²) in [4.78, 5) is 18.0. The molecule has 0 aliphatic carbocycles. The van der Waals surface area contributed by atoms with E-state index in [-0.39, 0.29) is 17.0 Å². The molecule has 0 aliphatic heterocycles. The molecule has 4 aromatic rings. The van der Waals surface area contributed by atoms with Gasteiger partial charge in [-0.25, -0.2) is 22.9 Å². The Hall–Kier alpha value is -2.33. The number of hydrogen-bond donors (Lipinski definition) is 2. The van der Waals surface area contributed by atoms with Gasteiger partial charge in [0.05, 0.1) is 26.2 Å². The van der Waals surface area contributed by atoms with Gasteiger partial charge in [0.2, 0.25) is 10.0 Å². The quantitative estimate of drug-likeness (QED) is 0.509. The molecule has 140 valence electrons. The summed E-state index contributed by atoms with van der Waals surface area (Å²) in [5.41, 5.74) is 1.81. The van der Waals surface area contributed by atoms with Gasteiger partial charge in [-0.3, -0.25) is 4.98 Å². The van der Waals surface area contributed by atoms with Crippen LogP contribution < -0.4 is 10.5 Å². The maximum absolute atomic E-state index is 12.4. The molecule has 0 atom stereocenters. The van der Waals surface area contributed by atoms with Gasteiger partial charge in [-0.15, -0.1) is 0 Å². The van der Waals surface area contributed by atoms with Crippen molar-refractivity contribution in [3.8, 4) is 0 Å². The molecule has 0 aliphatic rings. The Balaban J connectivity index is 1.50. The minimum atomic E-state index is -3.77.